The molecule has 0 spiro atoms. The predicted octanol–water partition coefficient (Wildman–Crippen LogP) is 5.34. The molecule has 3 aromatic rings. The lowest BCUT2D eigenvalue weighted by Crippen LogP contribution is -2.23. The van der Waals surface area contributed by atoms with Gasteiger partial charge in [0.15, 0.2) is 0 Å². The van der Waals surface area contributed by atoms with Crippen LogP contribution in [0.2, 0.25) is 0 Å². The summed E-state index contributed by atoms with van der Waals surface area (Å²) in [4.78, 5) is 11.6. The molecule has 1 aromatic heterocycles. The molecular formula is C23H28N4O. The zero-order valence-corrected chi connectivity index (χ0v) is 17.0. The summed E-state index contributed by atoms with van der Waals surface area (Å²) in [6, 6.07) is 20.3. The normalized spacial score (nSPS) is 10.8. The topological polar surface area (TPSA) is 50.3 Å². The minimum absolute atomic E-state index is 0.0957. The Morgan fingerprint density at radius 2 is 1.71 bits per heavy atom. The average Bonchev–Trinajstić information content (AvgIpc) is 2.67. The second-order valence-electron chi connectivity index (χ2n) is 6.98. The lowest BCUT2D eigenvalue weighted by atomic mass is 10.2. The maximum Gasteiger partial charge on any atom is 0.229 e. The Balaban J connectivity index is 1.85. The van der Waals surface area contributed by atoms with Gasteiger partial charge in [-0.3, -0.25) is 0 Å². The van der Waals surface area contributed by atoms with Gasteiger partial charge in [-0.05, 0) is 45.4 Å². The van der Waals surface area contributed by atoms with Crippen molar-refractivity contribution in [2.45, 2.75) is 40.3 Å². The first-order chi connectivity index (χ1) is 13.5. The highest BCUT2D eigenvalue weighted by atomic mass is 16.5. The molecule has 146 valence electrons. The van der Waals surface area contributed by atoms with Gasteiger partial charge in [0.1, 0.15) is 11.6 Å². The highest BCUT2D eigenvalue weighted by molar-refractivity contribution is 5.63. The van der Waals surface area contributed by atoms with Crippen LogP contribution in [0.5, 0.6) is 5.75 Å². The molecule has 0 aliphatic carbocycles. The average molecular weight is 377 g/mol. The molecule has 3 rings (SSSR count). The van der Waals surface area contributed by atoms with Crippen molar-refractivity contribution < 1.29 is 4.74 Å². The van der Waals surface area contributed by atoms with Gasteiger partial charge >= 0.3 is 0 Å². The Morgan fingerprint density at radius 3 is 2.43 bits per heavy atom. The zero-order chi connectivity index (χ0) is 19.9. The molecule has 0 amide bonds. The minimum Gasteiger partial charge on any atom is -0.489 e. The maximum absolute atomic E-state index is 5.90. The van der Waals surface area contributed by atoms with Gasteiger partial charge in [0.2, 0.25) is 5.95 Å². The van der Waals surface area contributed by atoms with E-state index in [9.17, 15) is 0 Å². The smallest absolute Gasteiger partial charge is 0.229 e. The lowest BCUT2D eigenvalue weighted by molar-refractivity contribution is 0.244. The van der Waals surface area contributed by atoms with E-state index in [4.69, 9.17) is 9.72 Å². The monoisotopic (exact) mass is 376 g/mol. The standard InChI is InChI=1S/C23H28N4O/c1-5-27(16-19-11-7-6-8-12-19)22-15-18(4)24-23(26-22)25-20-13-9-10-14-21(20)28-17(2)3/h6-15,17H,5,16H2,1-4H3,(H,24,25,26). The predicted molar refractivity (Wildman–Crippen MR) is 115 cm³/mol. The Bertz CT molecular complexity index is 896. The molecule has 0 aliphatic rings. The first kappa shape index (κ1) is 19.7. The van der Waals surface area contributed by atoms with Gasteiger partial charge in [0.05, 0.1) is 11.8 Å². The molecule has 5 nitrogen and oxygen atoms in total. The van der Waals surface area contributed by atoms with Crippen molar-refractivity contribution in [2.75, 3.05) is 16.8 Å². The Labute approximate surface area is 167 Å². The number of nitrogens with one attached hydrogen (secondary N) is 1. The lowest BCUT2D eigenvalue weighted by Gasteiger charge is -2.23. The van der Waals surface area contributed by atoms with Gasteiger partial charge in [-0.1, -0.05) is 42.5 Å². The largest absolute Gasteiger partial charge is 0.489 e. The van der Waals surface area contributed by atoms with E-state index in [2.05, 4.69) is 46.4 Å². The summed E-state index contributed by atoms with van der Waals surface area (Å²) >= 11 is 0. The van der Waals surface area contributed by atoms with Gasteiger partial charge < -0.3 is 15.0 Å². The number of anilines is 3. The molecule has 2 aromatic carbocycles. The molecule has 1 heterocycles. The van der Waals surface area contributed by atoms with E-state index in [-0.39, 0.29) is 6.10 Å². The molecule has 5 heteroatoms. The van der Waals surface area contributed by atoms with Crippen LogP contribution < -0.4 is 15.0 Å². The fraction of sp³-hybridized carbons (Fsp3) is 0.304. The van der Waals surface area contributed by atoms with Crippen LogP contribution in [-0.4, -0.2) is 22.6 Å². The molecule has 0 unspecified atom stereocenters. The van der Waals surface area contributed by atoms with Crippen LogP contribution in [0.1, 0.15) is 32.0 Å². The molecular weight excluding hydrogens is 348 g/mol. The van der Waals surface area contributed by atoms with Gasteiger partial charge in [0.25, 0.3) is 0 Å². The SMILES string of the molecule is CCN(Cc1ccccc1)c1cc(C)nc(Nc2ccccc2OC(C)C)n1. The van der Waals surface area contributed by atoms with E-state index in [0.29, 0.717) is 5.95 Å². The maximum atomic E-state index is 5.90. The van der Waals surface area contributed by atoms with Crippen molar-refractivity contribution >= 4 is 17.5 Å². The van der Waals surface area contributed by atoms with E-state index in [1.165, 1.54) is 5.56 Å². The van der Waals surface area contributed by atoms with E-state index in [0.717, 1.165) is 36.0 Å². The van der Waals surface area contributed by atoms with Crippen molar-refractivity contribution in [2.24, 2.45) is 0 Å². The van der Waals surface area contributed by atoms with Crippen LogP contribution in [0.15, 0.2) is 60.7 Å². The molecule has 0 fully saturated rings. The number of hydrogen-bond donors (Lipinski definition) is 1. The quantitative estimate of drug-likeness (QED) is 0.575. The van der Waals surface area contributed by atoms with Crippen molar-refractivity contribution in [1.82, 2.24) is 9.97 Å². The van der Waals surface area contributed by atoms with Crippen LogP contribution >= 0.6 is 0 Å². The van der Waals surface area contributed by atoms with E-state index in [1.54, 1.807) is 0 Å². The molecule has 0 radical (unpaired) electrons. The third kappa shape index (κ3) is 5.22. The molecule has 0 atom stereocenters. The first-order valence-electron chi connectivity index (χ1n) is 9.72. The summed E-state index contributed by atoms with van der Waals surface area (Å²) in [6.45, 7) is 9.82. The summed E-state index contributed by atoms with van der Waals surface area (Å²) in [5.74, 6) is 2.27. The van der Waals surface area contributed by atoms with Crippen LogP contribution in [0.3, 0.4) is 0 Å². The number of ether oxygens (including phenoxy) is 1. The Hall–Kier alpha value is -3.08. The van der Waals surface area contributed by atoms with Gasteiger partial charge in [0, 0.05) is 24.8 Å². The van der Waals surface area contributed by atoms with E-state index < -0.39 is 0 Å². The summed E-state index contributed by atoms with van der Waals surface area (Å²) < 4.78 is 5.90. The summed E-state index contributed by atoms with van der Waals surface area (Å²) in [5, 5.41) is 3.33. The second-order valence-corrected chi connectivity index (χ2v) is 6.98. The number of nitrogens with zero attached hydrogens (tertiary/aromatic N) is 3. The third-order valence-electron chi connectivity index (χ3n) is 4.26. The fourth-order valence-electron chi connectivity index (χ4n) is 2.98. The van der Waals surface area contributed by atoms with E-state index in [1.807, 2.05) is 57.2 Å². The summed E-state index contributed by atoms with van der Waals surface area (Å²) in [7, 11) is 0. The molecule has 28 heavy (non-hydrogen) atoms. The Kier molecular flexibility index (Phi) is 6.48. The zero-order valence-electron chi connectivity index (χ0n) is 17.0. The highest BCUT2D eigenvalue weighted by Gasteiger charge is 2.12. The van der Waals surface area contributed by atoms with Crippen LogP contribution in [0.4, 0.5) is 17.5 Å². The highest BCUT2D eigenvalue weighted by Crippen LogP contribution is 2.28. The summed E-state index contributed by atoms with van der Waals surface area (Å²) in [6.07, 6.45) is 0.0957. The second kappa shape index (κ2) is 9.22. The number of rotatable bonds is 8. The number of para-hydroxylation sites is 2. The number of benzene rings is 2. The number of hydrogen-bond acceptors (Lipinski definition) is 5. The van der Waals surface area contributed by atoms with Crippen molar-refractivity contribution in [3.8, 4) is 5.75 Å². The first-order valence-corrected chi connectivity index (χ1v) is 9.72. The molecule has 1 N–H and O–H groups in total. The van der Waals surface area contributed by atoms with Gasteiger partial charge in [-0.25, -0.2) is 4.98 Å². The molecule has 0 aliphatic heterocycles. The third-order valence-corrected chi connectivity index (χ3v) is 4.26. The van der Waals surface area contributed by atoms with Crippen LogP contribution in [0.25, 0.3) is 0 Å². The van der Waals surface area contributed by atoms with E-state index >= 15 is 0 Å². The van der Waals surface area contributed by atoms with Crippen molar-refractivity contribution in [1.29, 1.82) is 0 Å². The van der Waals surface area contributed by atoms with Crippen molar-refractivity contribution in [3.63, 3.8) is 0 Å². The van der Waals surface area contributed by atoms with Gasteiger partial charge in [-0.15, -0.1) is 0 Å². The minimum atomic E-state index is 0.0957. The Morgan fingerprint density at radius 1 is 1.00 bits per heavy atom. The van der Waals surface area contributed by atoms with Crippen molar-refractivity contribution in [3.05, 3.63) is 71.9 Å². The van der Waals surface area contributed by atoms with Crippen LogP contribution in [0, 0.1) is 6.92 Å². The fourth-order valence-corrected chi connectivity index (χ4v) is 2.98. The molecule has 0 bridgehead atoms. The number of aromatic nitrogens is 2. The van der Waals surface area contributed by atoms with Gasteiger partial charge in [-0.2, -0.15) is 4.98 Å². The molecule has 0 saturated carbocycles. The van der Waals surface area contributed by atoms with Crippen LogP contribution in [-0.2, 0) is 6.54 Å². The summed E-state index contributed by atoms with van der Waals surface area (Å²) in [5.41, 5.74) is 3.03. The number of aryl methyl sites for hydroxylation is 1. The molecule has 0 saturated heterocycles.